The summed E-state index contributed by atoms with van der Waals surface area (Å²) in [5, 5.41) is 40.8. The van der Waals surface area contributed by atoms with E-state index < -0.39 is 36.6 Å². The molecule has 0 saturated carbocycles. The Hall–Kier alpha value is -1.76. The first-order valence-corrected chi connectivity index (χ1v) is 10.0. The van der Waals surface area contributed by atoms with Crippen molar-refractivity contribution in [3.8, 4) is 0 Å². The second kappa shape index (κ2) is 7.58. The van der Waals surface area contributed by atoms with Crippen LogP contribution in [0.2, 0.25) is 0 Å². The lowest BCUT2D eigenvalue weighted by molar-refractivity contribution is -0.278. The third-order valence-corrected chi connectivity index (χ3v) is 6.31. The van der Waals surface area contributed by atoms with Gasteiger partial charge in [0.15, 0.2) is 0 Å². The van der Waals surface area contributed by atoms with Gasteiger partial charge in [-0.2, -0.15) is 0 Å². The van der Waals surface area contributed by atoms with Gasteiger partial charge in [-0.15, -0.1) is 0 Å². The molecule has 5 atom stereocenters. The number of ether oxygens (including phenoxy) is 1. The van der Waals surface area contributed by atoms with Crippen LogP contribution in [0, 0.1) is 0 Å². The van der Waals surface area contributed by atoms with Gasteiger partial charge in [-0.3, -0.25) is 0 Å². The molecule has 2 aliphatic rings. The van der Waals surface area contributed by atoms with Crippen LogP contribution < -0.4 is 0 Å². The molecule has 1 saturated heterocycles. The van der Waals surface area contributed by atoms with Gasteiger partial charge in [-0.1, -0.05) is 49.4 Å². The molecule has 4 rings (SSSR count). The Morgan fingerprint density at radius 3 is 2.32 bits per heavy atom. The highest BCUT2D eigenvalue weighted by Crippen LogP contribution is 2.48. The number of aliphatic hydroxyl groups is 4. The molecule has 1 aliphatic heterocycles. The number of aryl methyl sites for hydroxylation is 2. The van der Waals surface area contributed by atoms with Crippen molar-refractivity contribution in [2.75, 3.05) is 6.61 Å². The van der Waals surface area contributed by atoms with Crippen molar-refractivity contribution in [2.45, 2.75) is 62.6 Å². The monoisotopic (exact) mass is 384 g/mol. The zero-order valence-electron chi connectivity index (χ0n) is 16.1. The van der Waals surface area contributed by atoms with E-state index in [9.17, 15) is 20.4 Å². The van der Waals surface area contributed by atoms with E-state index in [1.165, 1.54) is 11.1 Å². The molecule has 0 amide bonds. The number of hydrogen-bond donors (Lipinski definition) is 4. The molecule has 0 aromatic heterocycles. The molecule has 28 heavy (non-hydrogen) atoms. The molecule has 1 aliphatic carbocycles. The largest absolute Gasteiger partial charge is 0.394 e. The number of fused-ring (bicyclic) bond motifs is 2. The van der Waals surface area contributed by atoms with Crippen molar-refractivity contribution in [1.82, 2.24) is 0 Å². The van der Waals surface area contributed by atoms with Crippen LogP contribution in [0.15, 0.2) is 42.5 Å². The molecule has 5 nitrogen and oxygen atoms in total. The van der Waals surface area contributed by atoms with Crippen molar-refractivity contribution in [1.29, 1.82) is 0 Å². The van der Waals surface area contributed by atoms with Crippen LogP contribution in [0.1, 0.15) is 41.2 Å². The highest BCUT2D eigenvalue weighted by atomic mass is 16.6. The van der Waals surface area contributed by atoms with Crippen molar-refractivity contribution in [3.63, 3.8) is 0 Å². The summed E-state index contributed by atoms with van der Waals surface area (Å²) < 4.78 is 6.03. The van der Waals surface area contributed by atoms with Crippen LogP contribution in [0.3, 0.4) is 0 Å². The number of benzene rings is 2. The fourth-order valence-corrected chi connectivity index (χ4v) is 4.60. The Morgan fingerprint density at radius 2 is 1.64 bits per heavy atom. The summed E-state index contributed by atoms with van der Waals surface area (Å²) in [6.07, 6.45) is -1.83. The highest BCUT2D eigenvalue weighted by Gasteiger charge is 2.56. The second-order valence-corrected chi connectivity index (χ2v) is 7.99. The van der Waals surface area contributed by atoms with Gasteiger partial charge in [0.1, 0.15) is 30.0 Å². The smallest absolute Gasteiger partial charge is 0.123 e. The average Bonchev–Trinajstić information content (AvgIpc) is 3.08. The van der Waals surface area contributed by atoms with Crippen LogP contribution in [0.25, 0.3) is 0 Å². The van der Waals surface area contributed by atoms with Gasteiger partial charge < -0.3 is 25.2 Å². The predicted octanol–water partition coefficient (Wildman–Crippen LogP) is 1.46. The first-order chi connectivity index (χ1) is 13.5. The van der Waals surface area contributed by atoms with Crippen molar-refractivity contribution < 1.29 is 25.2 Å². The van der Waals surface area contributed by atoms with Crippen molar-refractivity contribution in [3.05, 3.63) is 70.3 Å². The molecule has 1 spiro atoms. The third-order valence-electron chi connectivity index (χ3n) is 6.31. The molecule has 150 valence electrons. The van der Waals surface area contributed by atoms with E-state index in [2.05, 4.69) is 43.3 Å². The maximum absolute atomic E-state index is 10.8. The van der Waals surface area contributed by atoms with Gasteiger partial charge in [0, 0.05) is 0 Å². The average molecular weight is 384 g/mol. The Kier molecular flexibility index (Phi) is 5.29. The van der Waals surface area contributed by atoms with Crippen LogP contribution in [0.5, 0.6) is 0 Å². The second-order valence-electron chi connectivity index (χ2n) is 7.99. The number of hydrogen-bond acceptors (Lipinski definition) is 5. The SMILES string of the molecule is CCc1ccc(Cc2ccc3c(c2)[C@]2(CC3)O[C@H](CO)[C@@H](O)[C@H](O)[C@H]2O)cc1. The lowest BCUT2D eigenvalue weighted by atomic mass is 9.80. The van der Waals surface area contributed by atoms with E-state index in [4.69, 9.17) is 4.74 Å². The zero-order chi connectivity index (χ0) is 19.9. The van der Waals surface area contributed by atoms with E-state index >= 15 is 0 Å². The quantitative estimate of drug-likeness (QED) is 0.641. The molecule has 5 heteroatoms. The van der Waals surface area contributed by atoms with Gasteiger partial charge >= 0.3 is 0 Å². The van der Waals surface area contributed by atoms with E-state index in [1.54, 1.807) is 0 Å². The van der Waals surface area contributed by atoms with Gasteiger partial charge in [-0.25, -0.2) is 0 Å². The lowest BCUT2D eigenvalue weighted by Crippen LogP contribution is -2.62. The molecule has 2 aromatic rings. The fraction of sp³-hybridized carbons (Fsp3) is 0.478. The topological polar surface area (TPSA) is 90.2 Å². The summed E-state index contributed by atoms with van der Waals surface area (Å²) in [5.74, 6) is 0. The minimum atomic E-state index is -1.36. The lowest BCUT2D eigenvalue weighted by Gasteiger charge is -2.47. The maximum Gasteiger partial charge on any atom is 0.123 e. The van der Waals surface area contributed by atoms with E-state index in [0.717, 1.165) is 36.0 Å². The van der Waals surface area contributed by atoms with Gasteiger partial charge in [0.05, 0.1) is 6.61 Å². The van der Waals surface area contributed by atoms with Crippen LogP contribution in [-0.2, 0) is 29.6 Å². The van der Waals surface area contributed by atoms with Gasteiger partial charge in [0.25, 0.3) is 0 Å². The molecule has 1 heterocycles. The molecule has 0 unspecified atom stereocenters. The Morgan fingerprint density at radius 1 is 0.964 bits per heavy atom. The van der Waals surface area contributed by atoms with Crippen LogP contribution in [-0.4, -0.2) is 51.4 Å². The molecule has 4 N–H and O–H groups in total. The van der Waals surface area contributed by atoms with Crippen molar-refractivity contribution >= 4 is 0 Å². The number of aliphatic hydroxyl groups excluding tert-OH is 4. The summed E-state index contributed by atoms with van der Waals surface area (Å²) in [5.41, 5.74) is 4.44. The summed E-state index contributed by atoms with van der Waals surface area (Å²) in [7, 11) is 0. The molecule has 0 radical (unpaired) electrons. The Labute approximate surface area is 165 Å². The summed E-state index contributed by atoms with van der Waals surface area (Å²) in [6, 6.07) is 14.7. The first-order valence-electron chi connectivity index (χ1n) is 10.0. The van der Waals surface area contributed by atoms with E-state index in [0.29, 0.717) is 6.42 Å². The van der Waals surface area contributed by atoms with Gasteiger partial charge in [0.2, 0.25) is 0 Å². The van der Waals surface area contributed by atoms with E-state index in [-0.39, 0.29) is 0 Å². The summed E-state index contributed by atoms with van der Waals surface area (Å²) in [4.78, 5) is 0. The van der Waals surface area contributed by atoms with Crippen LogP contribution in [0.4, 0.5) is 0 Å². The summed E-state index contributed by atoms with van der Waals surface area (Å²) >= 11 is 0. The predicted molar refractivity (Wildman–Crippen MR) is 105 cm³/mol. The van der Waals surface area contributed by atoms with Gasteiger partial charge in [-0.05, 0) is 53.5 Å². The number of rotatable bonds is 4. The fourth-order valence-electron chi connectivity index (χ4n) is 4.60. The van der Waals surface area contributed by atoms with E-state index in [1.807, 2.05) is 6.07 Å². The molecular formula is C23H28O5. The molecular weight excluding hydrogens is 356 g/mol. The normalized spacial score (nSPS) is 31.9. The molecule has 2 aromatic carbocycles. The third kappa shape index (κ3) is 3.17. The minimum absolute atomic E-state index is 0.411. The minimum Gasteiger partial charge on any atom is -0.394 e. The van der Waals surface area contributed by atoms with Crippen LogP contribution >= 0.6 is 0 Å². The van der Waals surface area contributed by atoms with Crippen molar-refractivity contribution in [2.24, 2.45) is 0 Å². The zero-order valence-corrected chi connectivity index (χ0v) is 16.1. The molecule has 1 fully saturated rings. The maximum atomic E-state index is 10.8. The highest BCUT2D eigenvalue weighted by molar-refractivity contribution is 5.44. The summed E-state index contributed by atoms with van der Waals surface area (Å²) in [6.45, 7) is 1.72. The Balaban J connectivity index is 1.66. The standard InChI is InChI=1S/C23H28O5/c1-2-14-3-5-15(6-4-14)11-16-7-8-17-9-10-23(18(17)12-16)22(27)21(26)20(25)19(13-24)28-23/h3-8,12,19-22,24-27H,2,9-11,13H2,1H3/t19-,20-,21+,22-,23+/m1/s1. The Bertz CT molecular complexity index is 831. The molecule has 0 bridgehead atoms. The first kappa shape index (κ1) is 19.6.